The maximum Gasteiger partial charge on any atom is 1.00 e. The van der Waals surface area contributed by atoms with E-state index in [2.05, 4.69) is 9.97 Å². The average Bonchev–Trinajstić information content (AvgIpc) is 3.06. The molecule has 4 rings (SSSR count). The Morgan fingerprint density at radius 1 is 0.843 bits per heavy atom. The Balaban J connectivity index is 0.00000702. The van der Waals surface area contributed by atoms with E-state index in [0.717, 1.165) is 11.1 Å². The predicted molar refractivity (Wildman–Crippen MR) is 172 cm³/mol. The van der Waals surface area contributed by atoms with Crippen LogP contribution < -0.4 is 53.8 Å². The summed E-state index contributed by atoms with van der Waals surface area (Å²) in [5, 5.41) is 10.7. The van der Waals surface area contributed by atoms with Crippen LogP contribution in [0.15, 0.2) is 67.0 Å². The molecule has 8 nitrogen and oxygen atoms in total. The van der Waals surface area contributed by atoms with Crippen molar-refractivity contribution in [3.8, 4) is 28.4 Å². The fourth-order valence-electron chi connectivity index (χ4n) is 5.18. The molecule has 0 aliphatic carbocycles. The van der Waals surface area contributed by atoms with Gasteiger partial charge in [0.25, 0.3) is 0 Å². The summed E-state index contributed by atoms with van der Waals surface area (Å²) in [6.45, 7) is 5.79. The summed E-state index contributed by atoms with van der Waals surface area (Å²) in [6.07, 6.45) is -7.57. The van der Waals surface area contributed by atoms with Crippen molar-refractivity contribution >= 4 is 11.9 Å². The SMILES string of the molecule is CCOc1ccc(C(C)C)cc1-c1ccc(OC)cc1CN(Cc1cc(C(F)(F)F)cc(C(F)(F)F)c1)c1ncc(OCCCC(=O)[O-])cn1.[Na+]. The topological polar surface area (TPSA) is 96.8 Å². The zero-order chi connectivity index (χ0) is 36.6. The average molecular weight is 728 g/mol. The van der Waals surface area contributed by atoms with Crippen LogP contribution in [0, 0.1) is 0 Å². The van der Waals surface area contributed by atoms with Crippen molar-refractivity contribution in [3.63, 3.8) is 0 Å². The van der Waals surface area contributed by atoms with Gasteiger partial charge in [-0.3, -0.25) is 0 Å². The van der Waals surface area contributed by atoms with Gasteiger partial charge in [-0.2, -0.15) is 26.3 Å². The van der Waals surface area contributed by atoms with Crippen LogP contribution >= 0.6 is 0 Å². The number of rotatable bonds is 15. The Morgan fingerprint density at radius 2 is 1.49 bits per heavy atom. The summed E-state index contributed by atoms with van der Waals surface area (Å²) in [5.74, 6) is 0.133. The monoisotopic (exact) mass is 727 g/mol. The summed E-state index contributed by atoms with van der Waals surface area (Å²) in [5.41, 5.74) is -0.135. The van der Waals surface area contributed by atoms with Crippen LogP contribution in [0.25, 0.3) is 11.1 Å². The van der Waals surface area contributed by atoms with Gasteiger partial charge >= 0.3 is 41.9 Å². The molecule has 0 amide bonds. The maximum absolute atomic E-state index is 13.8. The third-order valence-corrected chi connectivity index (χ3v) is 7.65. The number of alkyl halides is 6. The number of methoxy groups -OCH3 is 1. The van der Waals surface area contributed by atoms with Crippen LogP contribution in [0.5, 0.6) is 17.2 Å². The van der Waals surface area contributed by atoms with Crippen molar-refractivity contribution in [2.75, 3.05) is 25.2 Å². The van der Waals surface area contributed by atoms with E-state index in [1.165, 1.54) is 24.4 Å². The van der Waals surface area contributed by atoms with Crippen LogP contribution in [0.1, 0.15) is 67.3 Å². The first-order valence-corrected chi connectivity index (χ1v) is 15.7. The fraction of sp³-hybridized carbons (Fsp3) is 0.361. The van der Waals surface area contributed by atoms with E-state index in [1.54, 1.807) is 12.1 Å². The van der Waals surface area contributed by atoms with E-state index in [-0.39, 0.29) is 84.8 Å². The smallest absolute Gasteiger partial charge is 0.550 e. The van der Waals surface area contributed by atoms with Gasteiger partial charge in [0.2, 0.25) is 5.95 Å². The van der Waals surface area contributed by atoms with E-state index in [0.29, 0.717) is 41.4 Å². The number of carboxylic acids is 1. The molecule has 1 heterocycles. The van der Waals surface area contributed by atoms with Crippen molar-refractivity contribution in [3.05, 3.63) is 94.8 Å². The van der Waals surface area contributed by atoms with Crippen molar-refractivity contribution in [1.29, 1.82) is 0 Å². The molecule has 0 aliphatic heterocycles. The zero-order valence-corrected chi connectivity index (χ0v) is 30.8. The molecule has 0 saturated heterocycles. The molecule has 0 bridgehead atoms. The minimum Gasteiger partial charge on any atom is -0.550 e. The predicted octanol–water partition coefficient (Wildman–Crippen LogP) is 4.83. The molecule has 0 unspecified atom stereocenters. The summed E-state index contributed by atoms with van der Waals surface area (Å²) in [4.78, 5) is 20.8. The van der Waals surface area contributed by atoms with Gasteiger partial charge in [0, 0.05) is 24.6 Å². The van der Waals surface area contributed by atoms with Gasteiger partial charge in [-0.05, 0) is 90.4 Å². The van der Waals surface area contributed by atoms with Gasteiger partial charge < -0.3 is 29.0 Å². The van der Waals surface area contributed by atoms with Gasteiger partial charge in [0.15, 0.2) is 5.75 Å². The molecule has 1 aromatic heterocycles. The van der Waals surface area contributed by atoms with Gasteiger partial charge in [0.05, 0.1) is 43.8 Å². The second-order valence-electron chi connectivity index (χ2n) is 11.7. The number of carboxylic acid groups (broad SMARTS) is 1. The van der Waals surface area contributed by atoms with Crippen molar-refractivity contribution < 1.29 is 80.0 Å². The molecule has 0 radical (unpaired) electrons. The number of aromatic nitrogens is 2. The quantitative estimate of drug-likeness (QED) is 0.0977. The molecule has 0 atom stereocenters. The Kier molecular flexibility index (Phi) is 14.6. The standard InChI is InChI=1S/C36H37F6N3O5.Na/c1-5-49-32-11-8-24(22(2)3)16-31(32)30-10-9-28(48-4)15-25(30)21-45(34-43-18-29(19-44-34)50-12-6-7-33(46)47)20-23-13-26(35(37,38)39)17-27(14-23)36(40,41)42;/h8-11,13-19,22H,5-7,12,20-21H2,1-4H3,(H,46,47);/q;+1/p-1. The Morgan fingerprint density at radius 3 is 2.04 bits per heavy atom. The van der Waals surface area contributed by atoms with Crippen LogP contribution in [-0.2, 0) is 30.2 Å². The number of aliphatic carboxylic acids is 1. The minimum absolute atomic E-state index is 0. The number of hydrogen-bond acceptors (Lipinski definition) is 8. The number of hydrogen-bond donors (Lipinski definition) is 0. The molecule has 0 fully saturated rings. The molecule has 0 spiro atoms. The van der Waals surface area contributed by atoms with Gasteiger partial charge in [-0.15, -0.1) is 0 Å². The summed E-state index contributed by atoms with van der Waals surface area (Å²) < 4.78 is 99.7. The Labute approximate surface area is 314 Å². The number of anilines is 1. The van der Waals surface area contributed by atoms with Gasteiger partial charge in [-0.1, -0.05) is 26.0 Å². The fourth-order valence-corrected chi connectivity index (χ4v) is 5.18. The molecule has 3 aromatic carbocycles. The van der Waals surface area contributed by atoms with Crippen molar-refractivity contribution in [2.24, 2.45) is 0 Å². The van der Waals surface area contributed by atoms with E-state index >= 15 is 0 Å². The third kappa shape index (κ3) is 11.5. The molecular weight excluding hydrogens is 691 g/mol. The maximum atomic E-state index is 13.8. The van der Waals surface area contributed by atoms with E-state index in [1.807, 2.05) is 45.0 Å². The molecular formula is C36H36F6N3NaO5. The molecule has 15 heteroatoms. The van der Waals surface area contributed by atoms with E-state index < -0.39 is 36.0 Å². The number of halogens is 6. The number of benzene rings is 3. The van der Waals surface area contributed by atoms with E-state index in [4.69, 9.17) is 14.2 Å². The first-order chi connectivity index (χ1) is 23.6. The Bertz CT molecular complexity index is 1740. The van der Waals surface area contributed by atoms with Gasteiger partial charge in [0.1, 0.15) is 11.5 Å². The number of carbonyl (C=O) groups is 1. The summed E-state index contributed by atoms with van der Waals surface area (Å²) >= 11 is 0. The Hall–Kier alpha value is -4.01. The first-order valence-electron chi connectivity index (χ1n) is 15.7. The molecule has 0 N–H and O–H groups in total. The second kappa shape index (κ2) is 18.0. The molecule has 268 valence electrons. The largest absolute Gasteiger partial charge is 1.00 e. The van der Waals surface area contributed by atoms with Crippen LogP contribution in [0.3, 0.4) is 0 Å². The van der Waals surface area contributed by atoms with Crippen LogP contribution in [0.4, 0.5) is 32.3 Å². The molecule has 51 heavy (non-hydrogen) atoms. The first kappa shape index (κ1) is 41.4. The molecule has 0 aliphatic rings. The van der Waals surface area contributed by atoms with Crippen LogP contribution in [0.2, 0.25) is 0 Å². The zero-order valence-electron chi connectivity index (χ0n) is 28.8. The third-order valence-electron chi connectivity index (χ3n) is 7.65. The number of carbonyl (C=O) groups excluding carboxylic acids is 1. The van der Waals surface area contributed by atoms with Crippen LogP contribution in [-0.4, -0.2) is 36.3 Å². The van der Waals surface area contributed by atoms with E-state index in [9.17, 15) is 36.2 Å². The second-order valence-corrected chi connectivity index (χ2v) is 11.7. The molecule has 4 aromatic rings. The normalized spacial score (nSPS) is 11.6. The number of nitrogens with zero attached hydrogens (tertiary/aromatic N) is 3. The number of ether oxygens (including phenoxy) is 3. The minimum atomic E-state index is -5.04. The summed E-state index contributed by atoms with van der Waals surface area (Å²) in [7, 11) is 1.47. The summed E-state index contributed by atoms with van der Waals surface area (Å²) in [6, 6.07) is 12.5. The van der Waals surface area contributed by atoms with Crippen molar-refractivity contribution in [2.45, 2.75) is 65.0 Å². The molecule has 0 saturated carbocycles. The van der Waals surface area contributed by atoms with Crippen molar-refractivity contribution in [1.82, 2.24) is 9.97 Å². The van der Waals surface area contributed by atoms with Gasteiger partial charge in [-0.25, -0.2) is 9.97 Å².